The molecule has 2 atom stereocenters. The summed E-state index contributed by atoms with van der Waals surface area (Å²) in [5.41, 5.74) is 6.87. The largest absolute Gasteiger partial charge is 0.368 e. The number of fused-ring (bicyclic) bond motifs is 1. The van der Waals surface area contributed by atoms with Crippen LogP contribution in [0.25, 0.3) is 10.8 Å². The molecule has 2 aromatic rings. The van der Waals surface area contributed by atoms with E-state index in [-0.39, 0.29) is 18.1 Å². The van der Waals surface area contributed by atoms with Gasteiger partial charge in [-0.3, -0.25) is 4.79 Å². The van der Waals surface area contributed by atoms with Crippen LogP contribution in [0.5, 0.6) is 0 Å². The smallest absolute Gasteiger partial charge is 0.249 e. The number of hydrogen-bond donors (Lipinski definition) is 2. The summed E-state index contributed by atoms with van der Waals surface area (Å²) in [5.74, 6) is -0.0592. The third-order valence-electron chi connectivity index (χ3n) is 3.95. The molecule has 1 heterocycles. The fraction of sp³-hybridized carbons (Fsp3) is 0.353. The van der Waals surface area contributed by atoms with Gasteiger partial charge >= 0.3 is 0 Å². The van der Waals surface area contributed by atoms with Crippen molar-refractivity contribution in [3.63, 3.8) is 0 Å². The third-order valence-corrected chi connectivity index (χ3v) is 3.95. The van der Waals surface area contributed by atoms with E-state index in [9.17, 15) is 4.79 Å². The number of ether oxygens (including phenoxy) is 1. The van der Waals surface area contributed by atoms with Gasteiger partial charge in [-0.05, 0) is 35.2 Å². The Hall–Kier alpha value is -1.91. The Labute approximate surface area is 124 Å². The lowest BCUT2D eigenvalue weighted by molar-refractivity contribution is -0.130. The monoisotopic (exact) mass is 284 g/mol. The maximum atomic E-state index is 12.2. The molecule has 0 saturated carbocycles. The van der Waals surface area contributed by atoms with Crippen LogP contribution >= 0.6 is 0 Å². The lowest BCUT2D eigenvalue weighted by Gasteiger charge is -2.20. The summed E-state index contributed by atoms with van der Waals surface area (Å²) < 4.78 is 5.41. The van der Waals surface area contributed by atoms with E-state index in [0.717, 1.165) is 23.8 Å². The molecule has 21 heavy (non-hydrogen) atoms. The van der Waals surface area contributed by atoms with Crippen molar-refractivity contribution in [3.05, 3.63) is 48.0 Å². The number of hydrogen-bond acceptors (Lipinski definition) is 3. The average molecular weight is 284 g/mol. The Morgan fingerprint density at radius 2 is 2.10 bits per heavy atom. The molecule has 1 fully saturated rings. The van der Waals surface area contributed by atoms with Crippen LogP contribution in [0.2, 0.25) is 0 Å². The molecule has 1 aliphatic heterocycles. The molecule has 110 valence electrons. The summed E-state index contributed by atoms with van der Waals surface area (Å²) in [6.07, 6.45) is 1.42. The molecular formula is C17H20N2O2. The second-order valence-electron chi connectivity index (χ2n) is 5.41. The molecule has 1 amide bonds. The van der Waals surface area contributed by atoms with Crippen LogP contribution in [0.15, 0.2) is 42.5 Å². The van der Waals surface area contributed by atoms with Crippen LogP contribution in [0.3, 0.4) is 0 Å². The standard InChI is InChI=1S/C17H20N2O2/c18-11-15(19-17(20)16-6-3-9-21-16)14-8-7-12-4-1-2-5-13(12)10-14/h1-2,4-5,7-8,10,15-16H,3,6,9,11,18H2,(H,19,20). The van der Waals surface area contributed by atoms with Crippen molar-refractivity contribution < 1.29 is 9.53 Å². The molecule has 3 rings (SSSR count). The SMILES string of the molecule is NCC(NC(=O)C1CCCO1)c1ccc2ccccc2c1. The molecule has 3 N–H and O–H groups in total. The minimum absolute atomic E-state index is 0.0592. The van der Waals surface area contributed by atoms with Gasteiger partial charge in [0.2, 0.25) is 5.91 Å². The molecule has 0 spiro atoms. The van der Waals surface area contributed by atoms with E-state index in [0.29, 0.717) is 13.2 Å². The van der Waals surface area contributed by atoms with Gasteiger partial charge in [-0.2, -0.15) is 0 Å². The van der Waals surface area contributed by atoms with Crippen molar-refractivity contribution in [2.75, 3.05) is 13.2 Å². The lowest BCUT2D eigenvalue weighted by atomic mass is 10.0. The number of amides is 1. The van der Waals surface area contributed by atoms with E-state index < -0.39 is 0 Å². The van der Waals surface area contributed by atoms with Gasteiger partial charge in [0.1, 0.15) is 6.10 Å². The Kier molecular flexibility index (Phi) is 4.18. The Morgan fingerprint density at radius 1 is 1.29 bits per heavy atom. The highest BCUT2D eigenvalue weighted by Crippen LogP contribution is 2.21. The van der Waals surface area contributed by atoms with Crippen molar-refractivity contribution >= 4 is 16.7 Å². The number of carbonyl (C=O) groups is 1. The highest BCUT2D eigenvalue weighted by molar-refractivity contribution is 5.84. The topological polar surface area (TPSA) is 64.3 Å². The van der Waals surface area contributed by atoms with Gasteiger partial charge in [0, 0.05) is 13.2 Å². The van der Waals surface area contributed by atoms with Gasteiger partial charge in [0.15, 0.2) is 0 Å². The van der Waals surface area contributed by atoms with Crippen molar-refractivity contribution in [3.8, 4) is 0 Å². The van der Waals surface area contributed by atoms with E-state index in [2.05, 4.69) is 29.6 Å². The lowest BCUT2D eigenvalue weighted by Crippen LogP contribution is -2.39. The van der Waals surface area contributed by atoms with E-state index in [4.69, 9.17) is 10.5 Å². The summed E-state index contributed by atoms with van der Waals surface area (Å²) in [6, 6.07) is 14.2. The third kappa shape index (κ3) is 3.06. The minimum Gasteiger partial charge on any atom is -0.368 e. The molecule has 4 nitrogen and oxygen atoms in total. The van der Waals surface area contributed by atoms with Crippen molar-refractivity contribution in [1.82, 2.24) is 5.32 Å². The summed E-state index contributed by atoms with van der Waals surface area (Å²) in [6.45, 7) is 1.04. The van der Waals surface area contributed by atoms with Gasteiger partial charge in [-0.25, -0.2) is 0 Å². The van der Waals surface area contributed by atoms with Gasteiger partial charge in [-0.15, -0.1) is 0 Å². The molecule has 1 aliphatic rings. The first-order valence-corrected chi connectivity index (χ1v) is 7.38. The summed E-state index contributed by atoms with van der Waals surface area (Å²) in [5, 5.41) is 5.34. The van der Waals surface area contributed by atoms with Crippen LogP contribution < -0.4 is 11.1 Å². The van der Waals surface area contributed by atoms with Crippen molar-refractivity contribution in [1.29, 1.82) is 0 Å². The first-order valence-electron chi connectivity index (χ1n) is 7.38. The first kappa shape index (κ1) is 14.0. The van der Waals surface area contributed by atoms with E-state index in [1.54, 1.807) is 0 Å². The van der Waals surface area contributed by atoms with Crippen LogP contribution in [0.1, 0.15) is 24.4 Å². The molecule has 0 aromatic heterocycles. The fourth-order valence-electron chi connectivity index (χ4n) is 2.75. The average Bonchev–Trinajstić information content (AvgIpc) is 3.06. The number of benzene rings is 2. The quantitative estimate of drug-likeness (QED) is 0.904. The predicted molar refractivity (Wildman–Crippen MR) is 82.9 cm³/mol. The second kappa shape index (κ2) is 6.24. The Balaban J connectivity index is 1.78. The number of nitrogens with two attached hydrogens (primary N) is 1. The number of carbonyl (C=O) groups excluding carboxylic acids is 1. The molecule has 0 bridgehead atoms. The Bertz CT molecular complexity index is 635. The maximum absolute atomic E-state index is 12.2. The van der Waals surface area contributed by atoms with Crippen LogP contribution in [0, 0.1) is 0 Å². The van der Waals surface area contributed by atoms with Gasteiger partial charge < -0.3 is 15.8 Å². The summed E-state index contributed by atoms with van der Waals surface area (Å²) in [4.78, 5) is 12.2. The van der Waals surface area contributed by atoms with Crippen LogP contribution in [-0.4, -0.2) is 25.2 Å². The zero-order chi connectivity index (χ0) is 14.7. The van der Waals surface area contributed by atoms with Gasteiger partial charge in [0.25, 0.3) is 0 Å². The second-order valence-corrected chi connectivity index (χ2v) is 5.41. The molecule has 2 unspecified atom stereocenters. The highest BCUT2D eigenvalue weighted by Gasteiger charge is 2.25. The van der Waals surface area contributed by atoms with E-state index in [1.165, 1.54) is 5.39 Å². The summed E-state index contributed by atoms with van der Waals surface area (Å²) in [7, 11) is 0. The fourth-order valence-corrected chi connectivity index (χ4v) is 2.75. The Morgan fingerprint density at radius 3 is 2.81 bits per heavy atom. The van der Waals surface area contributed by atoms with Crippen molar-refractivity contribution in [2.45, 2.75) is 25.0 Å². The van der Waals surface area contributed by atoms with Crippen molar-refractivity contribution in [2.24, 2.45) is 5.73 Å². The molecule has 0 radical (unpaired) electrons. The first-order chi connectivity index (χ1) is 10.3. The maximum Gasteiger partial charge on any atom is 0.249 e. The summed E-state index contributed by atoms with van der Waals surface area (Å²) >= 11 is 0. The highest BCUT2D eigenvalue weighted by atomic mass is 16.5. The minimum atomic E-state index is -0.320. The van der Waals surface area contributed by atoms with Crippen LogP contribution in [0.4, 0.5) is 0 Å². The van der Waals surface area contributed by atoms with Crippen LogP contribution in [-0.2, 0) is 9.53 Å². The van der Waals surface area contributed by atoms with Gasteiger partial charge in [-0.1, -0.05) is 36.4 Å². The number of rotatable bonds is 4. The number of nitrogens with one attached hydrogen (secondary N) is 1. The zero-order valence-corrected chi connectivity index (χ0v) is 11.9. The van der Waals surface area contributed by atoms with E-state index >= 15 is 0 Å². The molecule has 0 aliphatic carbocycles. The van der Waals surface area contributed by atoms with Gasteiger partial charge in [0.05, 0.1) is 6.04 Å². The zero-order valence-electron chi connectivity index (χ0n) is 11.9. The predicted octanol–water partition coefficient (Wildman–Crippen LogP) is 2.13. The molecule has 1 saturated heterocycles. The molecular weight excluding hydrogens is 264 g/mol. The normalized spacial score (nSPS) is 19.6. The molecule has 4 heteroatoms. The van der Waals surface area contributed by atoms with E-state index in [1.807, 2.05) is 18.2 Å². The molecule has 2 aromatic carbocycles.